The Morgan fingerprint density at radius 1 is 1.09 bits per heavy atom. The Balaban J connectivity index is 1.52. The van der Waals surface area contributed by atoms with E-state index in [0.717, 1.165) is 39.3 Å². The first kappa shape index (κ1) is 24.2. The fraction of sp³-hybridized carbons (Fsp3) is 0.500. The molecule has 1 aromatic heterocycles. The number of likely N-dealkylation sites (N-methyl/N-ethyl adjacent to an activating group) is 1. The van der Waals surface area contributed by atoms with Gasteiger partial charge in [0.15, 0.2) is 0 Å². The maximum absolute atomic E-state index is 13.7. The molecule has 0 aliphatic carbocycles. The molecule has 8 nitrogen and oxygen atoms in total. The molecule has 1 aromatic carbocycles. The maximum atomic E-state index is 13.7. The number of rotatable bonds is 7. The summed E-state index contributed by atoms with van der Waals surface area (Å²) in [5, 5.41) is 0. The number of nitrogens with zero attached hydrogens (tertiary/aromatic N) is 4. The SMILES string of the molecule is CN(C)C(=O)C1(c2ccccn2)CCCN(C(=O)c2ccccc2OCCN2CCOCC2)C1. The number of carbonyl (C=O) groups excluding carboxylic acids is 2. The Bertz CT molecular complexity index is 978. The standard InChI is InChI=1S/C26H34N4O4/c1-28(2)25(32)26(23-10-5-6-12-27-23)11-7-13-30(20-26)24(31)21-8-3-4-9-22(21)34-19-16-29-14-17-33-18-15-29/h3-6,8-10,12H,7,11,13-20H2,1-2H3. The summed E-state index contributed by atoms with van der Waals surface area (Å²) in [4.78, 5) is 37.3. The van der Waals surface area contributed by atoms with E-state index in [9.17, 15) is 9.59 Å². The number of benzene rings is 1. The number of piperidine rings is 1. The molecule has 2 saturated heterocycles. The molecule has 34 heavy (non-hydrogen) atoms. The second-order valence-electron chi connectivity index (χ2n) is 9.13. The third kappa shape index (κ3) is 5.23. The van der Waals surface area contributed by atoms with Crippen LogP contribution in [0, 0.1) is 0 Å². The fourth-order valence-electron chi connectivity index (χ4n) is 4.85. The molecule has 2 fully saturated rings. The molecule has 2 aliphatic rings. The van der Waals surface area contributed by atoms with Crippen molar-refractivity contribution in [3.63, 3.8) is 0 Å². The highest BCUT2D eigenvalue weighted by Crippen LogP contribution is 2.36. The minimum absolute atomic E-state index is 0.0289. The van der Waals surface area contributed by atoms with E-state index in [1.807, 2.05) is 36.4 Å². The van der Waals surface area contributed by atoms with E-state index < -0.39 is 5.41 Å². The molecule has 8 heteroatoms. The molecular weight excluding hydrogens is 432 g/mol. The highest BCUT2D eigenvalue weighted by molar-refractivity contribution is 5.98. The van der Waals surface area contributed by atoms with Gasteiger partial charge in [0.2, 0.25) is 5.91 Å². The van der Waals surface area contributed by atoms with Gasteiger partial charge in [-0.1, -0.05) is 18.2 Å². The van der Waals surface area contributed by atoms with Gasteiger partial charge in [-0.3, -0.25) is 19.5 Å². The Kier molecular flexibility index (Phi) is 7.80. The summed E-state index contributed by atoms with van der Waals surface area (Å²) in [7, 11) is 3.51. The van der Waals surface area contributed by atoms with Crippen LogP contribution in [0.4, 0.5) is 0 Å². The molecule has 0 spiro atoms. The number of hydrogen-bond acceptors (Lipinski definition) is 6. The predicted octanol–water partition coefficient (Wildman–Crippen LogP) is 2.05. The van der Waals surface area contributed by atoms with Gasteiger partial charge < -0.3 is 19.3 Å². The summed E-state index contributed by atoms with van der Waals surface area (Å²) in [6.07, 6.45) is 3.09. The lowest BCUT2D eigenvalue weighted by Gasteiger charge is -2.42. The molecule has 1 unspecified atom stereocenters. The van der Waals surface area contributed by atoms with E-state index in [4.69, 9.17) is 9.47 Å². The van der Waals surface area contributed by atoms with E-state index >= 15 is 0 Å². The van der Waals surface area contributed by atoms with Crippen LogP contribution in [0.5, 0.6) is 5.75 Å². The lowest BCUT2D eigenvalue weighted by molar-refractivity contribution is -0.136. The van der Waals surface area contributed by atoms with Crippen molar-refractivity contribution in [2.75, 3.05) is 66.6 Å². The summed E-state index contributed by atoms with van der Waals surface area (Å²) in [6.45, 7) is 5.46. The van der Waals surface area contributed by atoms with Crippen molar-refractivity contribution >= 4 is 11.8 Å². The molecule has 1 atom stereocenters. The highest BCUT2D eigenvalue weighted by atomic mass is 16.5. The Morgan fingerprint density at radius 3 is 2.59 bits per heavy atom. The average molecular weight is 467 g/mol. The number of ether oxygens (including phenoxy) is 2. The molecule has 2 amide bonds. The zero-order valence-electron chi connectivity index (χ0n) is 20.1. The van der Waals surface area contributed by atoms with Crippen molar-refractivity contribution in [3.05, 3.63) is 59.9 Å². The minimum Gasteiger partial charge on any atom is -0.491 e. The largest absolute Gasteiger partial charge is 0.491 e. The van der Waals surface area contributed by atoms with E-state index in [2.05, 4.69) is 9.88 Å². The molecule has 2 aromatic rings. The van der Waals surface area contributed by atoms with Crippen molar-refractivity contribution in [1.82, 2.24) is 19.7 Å². The van der Waals surface area contributed by atoms with Crippen LogP contribution < -0.4 is 4.74 Å². The van der Waals surface area contributed by atoms with Crippen molar-refractivity contribution in [2.24, 2.45) is 0 Å². The van der Waals surface area contributed by atoms with Gasteiger partial charge in [0.05, 0.1) is 24.5 Å². The normalized spacial score (nSPS) is 21.2. The second kappa shape index (κ2) is 11.0. The van der Waals surface area contributed by atoms with E-state index in [1.165, 1.54) is 0 Å². The van der Waals surface area contributed by atoms with E-state index in [0.29, 0.717) is 43.1 Å². The summed E-state index contributed by atoms with van der Waals surface area (Å²) in [6, 6.07) is 13.0. The number of morpholine rings is 1. The van der Waals surface area contributed by atoms with Gasteiger partial charge in [-0.2, -0.15) is 0 Å². The Labute approximate surface area is 201 Å². The first-order valence-electron chi connectivity index (χ1n) is 12.0. The van der Waals surface area contributed by atoms with Crippen molar-refractivity contribution in [2.45, 2.75) is 18.3 Å². The van der Waals surface area contributed by atoms with Crippen LogP contribution in [-0.2, 0) is 14.9 Å². The Hall–Kier alpha value is -2.97. The van der Waals surface area contributed by atoms with Crippen LogP contribution in [0.3, 0.4) is 0 Å². The topological polar surface area (TPSA) is 75.2 Å². The predicted molar refractivity (Wildman–Crippen MR) is 129 cm³/mol. The van der Waals surface area contributed by atoms with Gasteiger partial charge in [-0.05, 0) is 37.1 Å². The first-order valence-corrected chi connectivity index (χ1v) is 12.0. The van der Waals surface area contributed by atoms with Gasteiger partial charge in [0, 0.05) is 53.0 Å². The van der Waals surface area contributed by atoms with Gasteiger partial charge in [0.1, 0.15) is 17.8 Å². The van der Waals surface area contributed by atoms with Gasteiger partial charge in [-0.15, -0.1) is 0 Å². The van der Waals surface area contributed by atoms with Crippen LogP contribution in [0.2, 0.25) is 0 Å². The average Bonchev–Trinajstić information content (AvgIpc) is 2.89. The number of carbonyl (C=O) groups is 2. The molecule has 0 radical (unpaired) electrons. The first-order chi connectivity index (χ1) is 16.5. The Morgan fingerprint density at radius 2 is 1.85 bits per heavy atom. The van der Waals surface area contributed by atoms with Crippen LogP contribution >= 0.6 is 0 Å². The maximum Gasteiger partial charge on any atom is 0.257 e. The summed E-state index contributed by atoms with van der Waals surface area (Å²) >= 11 is 0. The van der Waals surface area contributed by atoms with Gasteiger partial charge >= 0.3 is 0 Å². The minimum atomic E-state index is -0.856. The second-order valence-corrected chi connectivity index (χ2v) is 9.13. The molecule has 3 heterocycles. The van der Waals surface area contributed by atoms with Gasteiger partial charge in [0.25, 0.3) is 5.91 Å². The zero-order chi connectivity index (χ0) is 24.0. The number of likely N-dealkylation sites (tertiary alicyclic amines) is 1. The van der Waals surface area contributed by atoms with Crippen LogP contribution in [0.15, 0.2) is 48.7 Å². The quantitative estimate of drug-likeness (QED) is 0.622. The summed E-state index contributed by atoms with van der Waals surface area (Å²) < 4.78 is 11.5. The van der Waals surface area contributed by atoms with Crippen LogP contribution in [-0.4, -0.2) is 98.1 Å². The van der Waals surface area contributed by atoms with E-state index in [1.54, 1.807) is 36.2 Å². The lowest BCUT2D eigenvalue weighted by atomic mass is 9.75. The molecule has 0 N–H and O–H groups in total. The number of para-hydroxylation sites is 1. The van der Waals surface area contributed by atoms with Crippen molar-refractivity contribution < 1.29 is 19.1 Å². The summed E-state index contributed by atoms with van der Waals surface area (Å²) in [5.74, 6) is 0.431. The van der Waals surface area contributed by atoms with E-state index in [-0.39, 0.29) is 11.8 Å². The lowest BCUT2D eigenvalue weighted by Crippen LogP contribution is -2.56. The van der Waals surface area contributed by atoms with Crippen LogP contribution in [0.1, 0.15) is 28.9 Å². The summed E-state index contributed by atoms with van der Waals surface area (Å²) in [5.41, 5.74) is 0.380. The molecule has 0 saturated carbocycles. The number of aromatic nitrogens is 1. The molecule has 4 rings (SSSR count). The molecule has 2 aliphatic heterocycles. The number of hydrogen-bond donors (Lipinski definition) is 0. The molecular formula is C26H34N4O4. The zero-order valence-corrected chi connectivity index (χ0v) is 20.1. The molecule has 182 valence electrons. The monoisotopic (exact) mass is 466 g/mol. The third-order valence-electron chi connectivity index (χ3n) is 6.64. The third-order valence-corrected chi connectivity index (χ3v) is 6.64. The van der Waals surface area contributed by atoms with Gasteiger partial charge in [-0.25, -0.2) is 0 Å². The number of pyridine rings is 1. The smallest absolute Gasteiger partial charge is 0.257 e. The molecule has 0 bridgehead atoms. The van der Waals surface area contributed by atoms with Crippen LogP contribution in [0.25, 0.3) is 0 Å². The van der Waals surface area contributed by atoms with Crippen molar-refractivity contribution in [1.29, 1.82) is 0 Å². The highest BCUT2D eigenvalue weighted by Gasteiger charge is 2.47. The number of amides is 2. The fourth-order valence-corrected chi connectivity index (χ4v) is 4.85. The van der Waals surface area contributed by atoms with Crippen molar-refractivity contribution in [3.8, 4) is 5.75 Å².